The Labute approximate surface area is 224 Å². The van der Waals surface area contributed by atoms with Gasteiger partial charge in [0, 0.05) is 53.0 Å². The maximum atomic E-state index is 12.9. The predicted octanol–water partition coefficient (Wildman–Crippen LogP) is 4.80. The number of carbonyl (C=O) groups is 2. The summed E-state index contributed by atoms with van der Waals surface area (Å²) in [7, 11) is -3.17. The minimum Gasteiger partial charge on any atom is -0.420 e. The van der Waals surface area contributed by atoms with Gasteiger partial charge in [0.1, 0.15) is 0 Å². The zero-order valence-electron chi connectivity index (χ0n) is 24.7. The Morgan fingerprint density at radius 2 is 1.14 bits per heavy atom. The maximum absolute atomic E-state index is 12.9. The van der Waals surface area contributed by atoms with E-state index in [2.05, 4.69) is 55.2 Å². The third-order valence-electron chi connectivity index (χ3n) is 6.26. The number of carbonyl (C=O) groups excluding carboxylic acids is 2. The molecule has 0 aromatic heterocycles. The summed E-state index contributed by atoms with van der Waals surface area (Å²) < 4.78 is 17.4. The van der Waals surface area contributed by atoms with E-state index in [1.165, 1.54) is 0 Å². The minimum absolute atomic E-state index is 0.0758. The van der Waals surface area contributed by atoms with Crippen molar-refractivity contribution < 1.29 is 22.9 Å². The molecule has 0 heterocycles. The Kier molecular flexibility index (Phi) is 17.9. The van der Waals surface area contributed by atoms with Crippen LogP contribution in [0, 0.1) is 0 Å². The lowest BCUT2D eigenvalue weighted by atomic mass is 10.4. The molecule has 9 nitrogen and oxygen atoms in total. The fourth-order valence-corrected chi connectivity index (χ4v) is 9.06. The van der Waals surface area contributed by atoms with Crippen molar-refractivity contribution in [3.63, 3.8) is 0 Å². The van der Waals surface area contributed by atoms with Crippen LogP contribution >= 0.6 is 0 Å². The molecular weight excluding hydrogens is 509 g/mol. The van der Waals surface area contributed by atoms with Crippen molar-refractivity contribution in [3.8, 4) is 0 Å². The molecule has 0 spiro atoms. The molecule has 36 heavy (non-hydrogen) atoms. The van der Waals surface area contributed by atoms with Gasteiger partial charge < -0.3 is 34.1 Å². The second-order valence-electron chi connectivity index (χ2n) is 11.1. The lowest BCUT2D eigenvalue weighted by molar-refractivity contribution is 0.196. The van der Waals surface area contributed by atoms with Crippen molar-refractivity contribution in [2.45, 2.75) is 90.5 Å². The molecule has 0 aromatic carbocycles. The maximum Gasteiger partial charge on any atom is 0.317 e. The normalized spacial score (nSPS) is 12.4. The van der Waals surface area contributed by atoms with E-state index in [-0.39, 0.29) is 12.1 Å². The van der Waals surface area contributed by atoms with Crippen molar-refractivity contribution >= 4 is 37.0 Å². The minimum atomic E-state index is -1.68. The number of urea groups is 2. The Balaban J connectivity index is 4.55. The fourth-order valence-electron chi connectivity index (χ4n) is 3.94. The van der Waals surface area contributed by atoms with Crippen LogP contribution in [0.25, 0.3) is 0 Å². The first kappa shape index (κ1) is 35.1. The molecular formula is C24H56N4O5Si3. The third kappa shape index (κ3) is 18.3. The summed E-state index contributed by atoms with van der Waals surface area (Å²) in [6, 6.07) is 2.74. The van der Waals surface area contributed by atoms with Gasteiger partial charge in [0.25, 0.3) is 0 Å². The van der Waals surface area contributed by atoms with Crippen molar-refractivity contribution in [1.82, 2.24) is 20.9 Å². The highest BCUT2D eigenvalue weighted by Crippen LogP contribution is 2.15. The largest absolute Gasteiger partial charge is 0.420 e. The Hall–Kier alpha value is -0.929. The van der Waals surface area contributed by atoms with Gasteiger partial charge in [0.15, 0.2) is 25.0 Å². The molecule has 0 aliphatic heterocycles. The van der Waals surface area contributed by atoms with Crippen LogP contribution in [0.1, 0.15) is 33.1 Å². The molecule has 0 rings (SSSR count). The van der Waals surface area contributed by atoms with Crippen LogP contribution in [0.2, 0.25) is 57.4 Å². The topological polar surface area (TPSA) is 101 Å². The molecule has 0 radical (unpaired) electrons. The van der Waals surface area contributed by atoms with E-state index in [0.717, 1.165) is 50.6 Å². The number of nitrogens with one attached hydrogen (secondary N) is 3. The lowest BCUT2D eigenvalue weighted by Gasteiger charge is -2.26. The van der Waals surface area contributed by atoms with E-state index in [0.29, 0.717) is 32.7 Å². The highest BCUT2D eigenvalue weighted by atomic mass is 28.4. The Bertz CT molecular complexity index is 625. The van der Waals surface area contributed by atoms with Gasteiger partial charge in [0.2, 0.25) is 0 Å². The van der Waals surface area contributed by atoms with E-state index in [1.54, 1.807) is 7.11 Å². The summed E-state index contributed by atoms with van der Waals surface area (Å²) in [5.41, 5.74) is 0. The standard InChI is InChI=1S/C24H56N4O5Si3/c1-10-32-35(6,7)20-12-15-25-23(29)26-17-19-28(18-14-22-34(4,5)31-3)24(30)27-16-13-21-36(8,9)33-11-2/h10-22H2,1-9H3,(H,27,30)(H2,25,26,29). The Morgan fingerprint density at radius 1 is 0.667 bits per heavy atom. The van der Waals surface area contributed by atoms with Crippen LogP contribution < -0.4 is 16.0 Å². The molecule has 0 aromatic rings. The molecule has 0 bridgehead atoms. The summed E-state index contributed by atoms with van der Waals surface area (Å²) in [4.78, 5) is 26.9. The van der Waals surface area contributed by atoms with Gasteiger partial charge >= 0.3 is 12.1 Å². The van der Waals surface area contributed by atoms with Crippen LogP contribution in [0.5, 0.6) is 0 Å². The Morgan fingerprint density at radius 3 is 1.64 bits per heavy atom. The van der Waals surface area contributed by atoms with Crippen LogP contribution in [-0.4, -0.2) is 95.0 Å². The smallest absolute Gasteiger partial charge is 0.317 e. The van der Waals surface area contributed by atoms with E-state index < -0.39 is 25.0 Å². The summed E-state index contributed by atoms with van der Waals surface area (Å²) in [6.45, 7) is 21.5. The molecule has 0 saturated carbocycles. The second kappa shape index (κ2) is 18.3. The van der Waals surface area contributed by atoms with Crippen molar-refractivity contribution in [3.05, 3.63) is 0 Å². The lowest BCUT2D eigenvalue weighted by Crippen LogP contribution is -2.46. The molecule has 12 heteroatoms. The van der Waals surface area contributed by atoms with Crippen LogP contribution in [0.3, 0.4) is 0 Å². The molecule has 0 fully saturated rings. The molecule has 0 aliphatic carbocycles. The number of hydrogen-bond acceptors (Lipinski definition) is 5. The molecule has 214 valence electrons. The van der Waals surface area contributed by atoms with E-state index in [9.17, 15) is 9.59 Å². The number of rotatable bonds is 20. The highest BCUT2D eigenvalue weighted by Gasteiger charge is 2.23. The van der Waals surface area contributed by atoms with Gasteiger partial charge in [-0.1, -0.05) is 0 Å². The molecule has 0 aliphatic rings. The van der Waals surface area contributed by atoms with Gasteiger partial charge in [0.05, 0.1) is 0 Å². The molecule has 4 amide bonds. The van der Waals surface area contributed by atoms with Gasteiger partial charge in [-0.15, -0.1) is 0 Å². The van der Waals surface area contributed by atoms with E-state index >= 15 is 0 Å². The average molecular weight is 565 g/mol. The molecule has 0 atom stereocenters. The summed E-state index contributed by atoms with van der Waals surface area (Å²) in [5.74, 6) is 0. The van der Waals surface area contributed by atoms with Gasteiger partial charge in [-0.3, -0.25) is 0 Å². The number of hydrogen-bond donors (Lipinski definition) is 3. The molecule has 3 N–H and O–H groups in total. The van der Waals surface area contributed by atoms with Crippen LogP contribution in [0.15, 0.2) is 0 Å². The monoisotopic (exact) mass is 564 g/mol. The zero-order valence-corrected chi connectivity index (χ0v) is 27.7. The first-order valence-corrected chi connectivity index (χ1v) is 23.0. The quantitative estimate of drug-likeness (QED) is 0.146. The first-order valence-electron chi connectivity index (χ1n) is 13.6. The van der Waals surface area contributed by atoms with Crippen LogP contribution in [0.4, 0.5) is 9.59 Å². The zero-order chi connectivity index (χ0) is 27.7. The van der Waals surface area contributed by atoms with Crippen molar-refractivity contribution in [2.24, 2.45) is 0 Å². The number of amides is 4. The first-order chi connectivity index (χ1) is 16.8. The van der Waals surface area contributed by atoms with E-state index in [4.69, 9.17) is 13.3 Å². The highest BCUT2D eigenvalue weighted by molar-refractivity contribution is 6.71. The van der Waals surface area contributed by atoms with Crippen LogP contribution in [-0.2, 0) is 13.3 Å². The average Bonchev–Trinajstić information content (AvgIpc) is 2.78. The van der Waals surface area contributed by atoms with Gasteiger partial charge in [-0.2, -0.15) is 0 Å². The number of nitrogens with zero attached hydrogens (tertiary/aromatic N) is 1. The van der Waals surface area contributed by atoms with E-state index in [1.807, 2.05) is 18.7 Å². The predicted molar refractivity (Wildman–Crippen MR) is 157 cm³/mol. The summed E-state index contributed by atoms with van der Waals surface area (Å²) in [6.07, 6.45) is 2.70. The second-order valence-corrected chi connectivity index (χ2v) is 24.1. The van der Waals surface area contributed by atoms with Crippen molar-refractivity contribution in [2.75, 3.05) is 53.0 Å². The SMILES string of the molecule is CCO[Si](C)(C)CCCNC(=O)NCCN(CCC[Si](C)(C)OC)C(=O)NCCC[Si](C)(C)OCC. The fraction of sp³-hybridized carbons (Fsp3) is 0.917. The molecule has 0 saturated heterocycles. The summed E-state index contributed by atoms with van der Waals surface area (Å²) in [5, 5.41) is 8.87. The summed E-state index contributed by atoms with van der Waals surface area (Å²) >= 11 is 0. The molecule has 0 unspecified atom stereocenters. The third-order valence-corrected chi connectivity index (χ3v) is 14.2. The van der Waals surface area contributed by atoms with Crippen molar-refractivity contribution in [1.29, 1.82) is 0 Å². The van der Waals surface area contributed by atoms with Gasteiger partial charge in [-0.25, -0.2) is 9.59 Å². The van der Waals surface area contributed by atoms with Gasteiger partial charge in [-0.05, 0) is 90.5 Å².